The van der Waals surface area contributed by atoms with Gasteiger partial charge in [0.1, 0.15) is 23.0 Å². The highest BCUT2D eigenvalue weighted by Gasteiger charge is 2.36. The molecule has 0 aromatic carbocycles. The number of nitrogens with one attached hydrogen (secondary N) is 1. The van der Waals surface area contributed by atoms with Gasteiger partial charge in [-0.2, -0.15) is 18.4 Å². The number of aromatic amines is 1. The number of nitrogens with two attached hydrogens (primary N) is 1. The number of nitrogen functional groups attached to an aromatic ring is 1. The third-order valence-corrected chi connectivity index (χ3v) is 3.02. The Balaban J connectivity index is 2.28. The van der Waals surface area contributed by atoms with E-state index in [4.69, 9.17) is 11.0 Å². The predicted molar refractivity (Wildman–Crippen MR) is 71.2 cm³/mol. The Morgan fingerprint density at radius 1 is 1.23 bits per heavy atom. The second kappa shape index (κ2) is 4.70. The minimum absolute atomic E-state index is 0.152. The van der Waals surface area contributed by atoms with E-state index in [0.717, 1.165) is 0 Å². The van der Waals surface area contributed by atoms with Gasteiger partial charge in [-0.3, -0.25) is 0 Å². The van der Waals surface area contributed by atoms with Crippen molar-refractivity contribution in [3.63, 3.8) is 0 Å². The number of fused-ring (bicyclic) bond motifs is 1. The Hall–Kier alpha value is -3.15. The lowest BCUT2D eigenvalue weighted by Crippen LogP contribution is -2.10. The van der Waals surface area contributed by atoms with Gasteiger partial charge in [0.15, 0.2) is 0 Å². The quantitative estimate of drug-likeness (QED) is 0.718. The van der Waals surface area contributed by atoms with Gasteiger partial charge in [-0.25, -0.2) is 15.0 Å². The molecule has 3 rings (SSSR count). The third kappa shape index (κ3) is 2.20. The van der Waals surface area contributed by atoms with Crippen LogP contribution < -0.4 is 5.73 Å². The van der Waals surface area contributed by atoms with Crippen LogP contribution in [-0.2, 0) is 6.18 Å². The highest BCUT2D eigenvalue weighted by atomic mass is 19.4. The standard InChI is InChI=1S/C13H7F3N6/c14-13(15,16)9-5-20-12(18)22-10(9)8-4-19-11-7(8)2-1-6(3-17)21-11/h1-2,4-5H,(H,19,21)(H2,18,20,22). The molecule has 0 aliphatic rings. The Labute approximate surface area is 121 Å². The van der Waals surface area contributed by atoms with E-state index in [2.05, 4.69) is 19.9 Å². The average Bonchev–Trinajstić information content (AvgIpc) is 2.88. The Kier molecular flexibility index (Phi) is 2.95. The van der Waals surface area contributed by atoms with E-state index in [0.29, 0.717) is 17.2 Å². The summed E-state index contributed by atoms with van der Waals surface area (Å²) in [5.41, 5.74) is 4.71. The van der Waals surface area contributed by atoms with E-state index >= 15 is 0 Å². The summed E-state index contributed by atoms with van der Waals surface area (Å²) in [6.45, 7) is 0. The molecule has 3 aromatic heterocycles. The van der Waals surface area contributed by atoms with Gasteiger partial charge in [0.2, 0.25) is 5.95 Å². The molecule has 3 N–H and O–H groups in total. The molecule has 9 heteroatoms. The molecule has 0 bridgehead atoms. The smallest absolute Gasteiger partial charge is 0.368 e. The van der Waals surface area contributed by atoms with Crippen LogP contribution in [0.25, 0.3) is 22.3 Å². The number of aromatic nitrogens is 4. The van der Waals surface area contributed by atoms with Crippen LogP contribution >= 0.6 is 0 Å². The van der Waals surface area contributed by atoms with Gasteiger partial charge >= 0.3 is 6.18 Å². The fourth-order valence-corrected chi connectivity index (χ4v) is 2.07. The molecular formula is C13H7F3N6. The van der Waals surface area contributed by atoms with Crippen molar-refractivity contribution in [3.05, 3.63) is 35.8 Å². The van der Waals surface area contributed by atoms with Crippen molar-refractivity contribution in [2.24, 2.45) is 0 Å². The van der Waals surface area contributed by atoms with Crippen LogP contribution in [0.3, 0.4) is 0 Å². The molecule has 0 atom stereocenters. The average molecular weight is 304 g/mol. The van der Waals surface area contributed by atoms with E-state index in [9.17, 15) is 13.2 Å². The van der Waals surface area contributed by atoms with E-state index in [1.807, 2.05) is 6.07 Å². The van der Waals surface area contributed by atoms with E-state index in [1.54, 1.807) is 0 Å². The lowest BCUT2D eigenvalue weighted by molar-refractivity contribution is -0.137. The highest BCUT2D eigenvalue weighted by Crippen LogP contribution is 2.38. The van der Waals surface area contributed by atoms with E-state index in [1.165, 1.54) is 18.3 Å². The summed E-state index contributed by atoms with van der Waals surface area (Å²) >= 11 is 0. The van der Waals surface area contributed by atoms with Gasteiger partial charge in [-0.15, -0.1) is 0 Å². The van der Waals surface area contributed by atoms with Crippen LogP contribution in [-0.4, -0.2) is 19.9 Å². The number of pyridine rings is 1. The van der Waals surface area contributed by atoms with Crippen LogP contribution in [0.5, 0.6) is 0 Å². The molecule has 3 heterocycles. The van der Waals surface area contributed by atoms with Crippen molar-refractivity contribution < 1.29 is 13.2 Å². The lowest BCUT2D eigenvalue weighted by Gasteiger charge is -2.11. The number of hydrogen-bond donors (Lipinski definition) is 2. The second-order valence-electron chi connectivity index (χ2n) is 4.40. The fourth-order valence-electron chi connectivity index (χ4n) is 2.07. The number of anilines is 1. The zero-order chi connectivity index (χ0) is 15.9. The van der Waals surface area contributed by atoms with Crippen LogP contribution in [0, 0.1) is 11.3 Å². The first-order valence-electron chi connectivity index (χ1n) is 5.98. The van der Waals surface area contributed by atoms with Gasteiger partial charge in [0.05, 0.1) is 5.69 Å². The molecule has 22 heavy (non-hydrogen) atoms. The van der Waals surface area contributed by atoms with Gasteiger partial charge in [-0.05, 0) is 12.1 Å². The Morgan fingerprint density at radius 3 is 2.68 bits per heavy atom. The highest BCUT2D eigenvalue weighted by molar-refractivity contribution is 5.93. The molecule has 0 aliphatic carbocycles. The second-order valence-corrected chi connectivity index (χ2v) is 4.40. The maximum atomic E-state index is 13.1. The number of nitriles is 1. The minimum atomic E-state index is -4.62. The van der Waals surface area contributed by atoms with Crippen molar-refractivity contribution in [2.75, 3.05) is 5.73 Å². The number of halogens is 3. The number of hydrogen-bond acceptors (Lipinski definition) is 5. The van der Waals surface area contributed by atoms with Gasteiger partial charge in [-0.1, -0.05) is 0 Å². The molecule has 0 saturated carbocycles. The number of rotatable bonds is 1. The first-order valence-corrected chi connectivity index (χ1v) is 5.98. The van der Waals surface area contributed by atoms with E-state index < -0.39 is 11.7 Å². The number of alkyl halides is 3. The Bertz CT molecular complexity index is 906. The third-order valence-electron chi connectivity index (χ3n) is 3.02. The van der Waals surface area contributed by atoms with Crippen molar-refractivity contribution >= 4 is 17.0 Å². The fraction of sp³-hybridized carbons (Fsp3) is 0.0769. The molecule has 0 spiro atoms. The summed E-state index contributed by atoms with van der Waals surface area (Å²) in [7, 11) is 0. The molecule has 0 saturated heterocycles. The summed E-state index contributed by atoms with van der Waals surface area (Å²) in [5, 5.41) is 9.20. The summed E-state index contributed by atoms with van der Waals surface area (Å²) < 4.78 is 39.3. The summed E-state index contributed by atoms with van der Waals surface area (Å²) in [6, 6.07) is 4.78. The topological polar surface area (TPSA) is 104 Å². The van der Waals surface area contributed by atoms with Crippen molar-refractivity contribution in [3.8, 4) is 17.3 Å². The predicted octanol–water partition coefficient (Wildman–Crippen LogP) is 2.49. The van der Waals surface area contributed by atoms with Crippen LogP contribution in [0.2, 0.25) is 0 Å². The van der Waals surface area contributed by atoms with Gasteiger partial charge < -0.3 is 10.7 Å². The maximum Gasteiger partial charge on any atom is 0.419 e. The zero-order valence-electron chi connectivity index (χ0n) is 10.8. The monoisotopic (exact) mass is 304 g/mol. The summed E-state index contributed by atoms with van der Waals surface area (Å²) in [6.07, 6.45) is -2.63. The van der Waals surface area contributed by atoms with Crippen LogP contribution in [0.4, 0.5) is 19.1 Å². The first-order chi connectivity index (χ1) is 10.4. The van der Waals surface area contributed by atoms with Crippen LogP contribution in [0.1, 0.15) is 11.3 Å². The van der Waals surface area contributed by atoms with Crippen molar-refractivity contribution in [1.29, 1.82) is 5.26 Å². The van der Waals surface area contributed by atoms with Crippen molar-refractivity contribution in [2.45, 2.75) is 6.18 Å². The molecule has 3 aromatic rings. The zero-order valence-corrected chi connectivity index (χ0v) is 10.8. The van der Waals surface area contributed by atoms with E-state index in [-0.39, 0.29) is 22.9 Å². The van der Waals surface area contributed by atoms with Gasteiger partial charge in [0.25, 0.3) is 0 Å². The first kappa shape index (κ1) is 13.8. The van der Waals surface area contributed by atoms with Crippen LogP contribution in [0.15, 0.2) is 24.5 Å². The Morgan fingerprint density at radius 2 is 2.00 bits per heavy atom. The molecular weight excluding hydrogens is 297 g/mol. The molecule has 110 valence electrons. The number of H-pyrrole nitrogens is 1. The largest absolute Gasteiger partial charge is 0.419 e. The maximum absolute atomic E-state index is 13.1. The SMILES string of the molecule is N#Cc1ccc2c(-c3nc(N)ncc3C(F)(F)F)c[nH]c2n1. The summed E-state index contributed by atoms with van der Waals surface area (Å²) in [4.78, 5) is 13.8. The van der Waals surface area contributed by atoms with Gasteiger partial charge in [0, 0.05) is 23.3 Å². The number of nitrogens with zero attached hydrogens (tertiary/aromatic N) is 4. The molecule has 0 unspecified atom stereocenters. The molecule has 0 aliphatic heterocycles. The molecule has 0 radical (unpaired) electrons. The molecule has 0 amide bonds. The van der Waals surface area contributed by atoms with Crippen molar-refractivity contribution in [1.82, 2.24) is 19.9 Å². The normalized spacial score (nSPS) is 11.5. The molecule has 0 fully saturated rings. The lowest BCUT2D eigenvalue weighted by atomic mass is 10.1. The minimum Gasteiger partial charge on any atom is -0.368 e. The molecule has 6 nitrogen and oxygen atoms in total. The summed E-state index contributed by atoms with van der Waals surface area (Å²) in [5.74, 6) is -0.265.